The molecule has 114 valence electrons. The lowest BCUT2D eigenvalue weighted by molar-refractivity contribution is -0.138. The molecule has 2 heterocycles. The van der Waals surface area contributed by atoms with Gasteiger partial charge < -0.3 is 5.32 Å². The molecule has 1 N–H and O–H groups in total. The SMILES string of the molecule is O=C1NCc2cccc(CCc3ncncc3C(F)(F)F)c21. The van der Waals surface area contributed by atoms with E-state index < -0.39 is 11.7 Å². The molecule has 0 fully saturated rings. The van der Waals surface area contributed by atoms with E-state index in [1.807, 2.05) is 6.07 Å². The van der Waals surface area contributed by atoms with Crippen LogP contribution in [0.15, 0.2) is 30.7 Å². The van der Waals surface area contributed by atoms with Crippen molar-refractivity contribution in [1.82, 2.24) is 15.3 Å². The molecule has 2 aromatic rings. The second-order valence-electron chi connectivity index (χ2n) is 5.01. The van der Waals surface area contributed by atoms with Crippen molar-refractivity contribution in [3.8, 4) is 0 Å². The van der Waals surface area contributed by atoms with Gasteiger partial charge in [-0.25, -0.2) is 9.97 Å². The highest BCUT2D eigenvalue weighted by molar-refractivity contribution is 5.99. The number of carbonyl (C=O) groups excluding carboxylic acids is 1. The monoisotopic (exact) mass is 307 g/mol. The summed E-state index contributed by atoms with van der Waals surface area (Å²) in [6.45, 7) is 0.462. The maximum absolute atomic E-state index is 12.9. The smallest absolute Gasteiger partial charge is 0.348 e. The number of halogens is 3. The quantitative estimate of drug-likeness (QED) is 0.948. The molecule has 1 aromatic heterocycles. The number of hydrogen-bond donors (Lipinski definition) is 1. The van der Waals surface area contributed by atoms with Gasteiger partial charge in [0.1, 0.15) is 6.33 Å². The van der Waals surface area contributed by atoms with Crippen LogP contribution in [0.1, 0.15) is 32.7 Å². The average molecular weight is 307 g/mol. The zero-order chi connectivity index (χ0) is 15.7. The maximum Gasteiger partial charge on any atom is 0.419 e. The summed E-state index contributed by atoms with van der Waals surface area (Å²) >= 11 is 0. The normalized spacial score (nSPS) is 13.9. The number of hydrogen-bond acceptors (Lipinski definition) is 3. The molecule has 4 nitrogen and oxygen atoms in total. The first-order valence-electron chi connectivity index (χ1n) is 6.72. The summed E-state index contributed by atoms with van der Waals surface area (Å²) in [5.41, 5.74) is 1.30. The number of aryl methyl sites for hydroxylation is 2. The van der Waals surface area contributed by atoms with Crippen molar-refractivity contribution in [2.45, 2.75) is 25.6 Å². The molecule has 0 spiro atoms. The molecule has 1 aliphatic rings. The van der Waals surface area contributed by atoms with E-state index >= 15 is 0 Å². The van der Waals surface area contributed by atoms with Crippen LogP contribution in [0.5, 0.6) is 0 Å². The fraction of sp³-hybridized carbons (Fsp3) is 0.267. The minimum atomic E-state index is -4.48. The maximum atomic E-state index is 12.9. The van der Waals surface area contributed by atoms with Crippen molar-refractivity contribution in [3.63, 3.8) is 0 Å². The van der Waals surface area contributed by atoms with Crippen LogP contribution >= 0.6 is 0 Å². The van der Waals surface area contributed by atoms with Gasteiger partial charge in [-0.2, -0.15) is 13.2 Å². The summed E-state index contributed by atoms with van der Waals surface area (Å²) in [6, 6.07) is 5.40. The first kappa shape index (κ1) is 14.5. The Hall–Kier alpha value is -2.44. The van der Waals surface area contributed by atoms with Gasteiger partial charge >= 0.3 is 6.18 Å². The van der Waals surface area contributed by atoms with Crippen molar-refractivity contribution in [1.29, 1.82) is 0 Å². The van der Waals surface area contributed by atoms with E-state index in [4.69, 9.17) is 0 Å². The van der Waals surface area contributed by atoms with Gasteiger partial charge in [-0.1, -0.05) is 18.2 Å². The van der Waals surface area contributed by atoms with Gasteiger partial charge in [-0.05, 0) is 24.0 Å². The number of benzene rings is 1. The van der Waals surface area contributed by atoms with Crippen LogP contribution < -0.4 is 5.32 Å². The topological polar surface area (TPSA) is 54.9 Å². The highest BCUT2D eigenvalue weighted by Crippen LogP contribution is 2.31. The lowest BCUT2D eigenvalue weighted by atomic mass is 9.97. The third-order valence-corrected chi connectivity index (χ3v) is 3.63. The van der Waals surface area contributed by atoms with Crippen molar-refractivity contribution in [2.24, 2.45) is 0 Å². The van der Waals surface area contributed by atoms with Crippen molar-refractivity contribution < 1.29 is 18.0 Å². The van der Waals surface area contributed by atoms with Crippen LogP contribution in [-0.4, -0.2) is 15.9 Å². The molecular formula is C15H12F3N3O. The molecule has 0 saturated carbocycles. The van der Waals surface area contributed by atoms with Gasteiger partial charge in [0.15, 0.2) is 0 Å². The van der Waals surface area contributed by atoms with E-state index in [-0.39, 0.29) is 18.0 Å². The van der Waals surface area contributed by atoms with E-state index in [0.717, 1.165) is 23.7 Å². The molecule has 0 radical (unpaired) electrons. The van der Waals surface area contributed by atoms with Gasteiger partial charge in [0.25, 0.3) is 5.91 Å². The molecule has 0 atom stereocenters. The van der Waals surface area contributed by atoms with Gasteiger partial charge in [0, 0.05) is 18.3 Å². The second-order valence-corrected chi connectivity index (χ2v) is 5.01. The van der Waals surface area contributed by atoms with E-state index in [1.165, 1.54) is 0 Å². The van der Waals surface area contributed by atoms with Crippen LogP contribution in [0.25, 0.3) is 0 Å². The van der Waals surface area contributed by atoms with Crippen LogP contribution in [0.2, 0.25) is 0 Å². The van der Waals surface area contributed by atoms with Gasteiger partial charge in [-0.15, -0.1) is 0 Å². The number of aromatic nitrogens is 2. The standard InChI is InChI=1S/C15H12F3N3O/c16-15(17,18)11-7-19-8-21-12(11)5-4-9-2-1-3-10-6-20-14(22)13(9)10/h1-3,7-8H,4-6H2,(H,20,22). The number of fused-ring (bicyclic) bond motifs is 1. The molecule has 1 amide bonds. The number of amides is 1. The summed E-state index contributed by atoms with van der Waals surface area (Å²) in [7, 11) is 0. The first-order valence-corrected chi connectivity index (χ1v) is 6.72. The molecular weight excluding hydrogens is 295 g/mol. The van der Waals surface area contributed by atoms with Crippen molar-refractivity contribution >= 4 is 5.91 Å². The fourth-order valence-electron chi connectivity index (χ4n) is 2.61. The molecule has 0 unspecified atom stereocenters. The average Bonchev–Trinajstić information content (AvgIpc) is 2.87. The van der Waals surface area contributed by atoms with Crippen molar-refractivity contribution in [3.05, 3.63) is 58.7 Å². The Balaban J connectivity index is 1.86. The Bertz CT molecular complexity index is 728. The molecule has 7 heteroatoms. The van der Waals surface area contributed by atoms with Gasteiger partial charge in [0.05, 0.1) is 11.3 Å². The van der Waals surface area contributed by atoms with E-state index in [2.05, 4.69) is 15.3 Å². The number of rotatable bonds is 3. The molecule has 0 bridgehead atoms. The summed E-state index contributed by atoms with van der Waals surface area (Å²) in [5, 5.41) is 2.71. The fourth-order valence-corrected chi connectivity index (χ4v) is 2.61. The number of alkyl halides is 3. The zero-order valence-electron chi connectivity index (χ0n) is 11.4. The van der Waals surface area contributed by atoms with Gasteiger partial charge in [0.2, 0.25) is 0 Å². The molecule has 22 heavy (non-hydrogen) atoms. The molecule has 3 rings (SSSR count). The molecule has 1 aliphatic heterocycles. The largest absolute Gasteiger partial charge is 0.419 e. The highest BCUT2D eigenvalue weighted by Gasteiger charge is 2.34. The van der Waals surface area contributed by atoms with Crippen LogP contribution in [0, 0.1) is 0 Å². The Kier molecular flexibility index (Phi) is 3.56. The Morgan fingerprint density at radius 3 is 2.82 bits per heavy atom. The van der Waals surface area contributed by atoms with Crippen molar-refractivity contribution in [2.75, 3.05) is 0 Å². The highest BCUT2D eigenvalue weighted by atomic mass is 19.4. The molecule has 0 aliphatic carbocycles. The predicted molar refractivity (Wildman–Crippen MR) is 72.1 cm³/mol. The zero-order valence-corrected chi connectivity index (χ0v) is 11.4. The minimum Gasteiger partial charge on any atom is -0.348 e. The van der Waals surface area contributed by atoms with Crippen LogP contribution in [0.3, 0.4) is 0 Å². The van der Waals surface area contributed by atoms with E-state index in [0.29, 0.717) is 18.5 Å². The van der Waals surface area contributed by atoms with Crippen LogP contribution in [-0.2, 0) is 25.6 Å². The molecule has 1 aromatic carbocycles. The molecule has 0 saturated heterocycles. The van der Waals surface area contributed by atoms with Crippen LogP contribution in [0.4, 0.5) is 13.2 Å². The van der Waals surface area contributed by atoms with Gasteiger partial charge in [-0.3, -0.25) is 4.79 Å². The number of carbonyl (C=O) groups is 1. The number of nitrogens with zero attached hydrogens (tertiary/aromatic N) is 2. The summed E-state index contributed by atoms with van der Waals surface area (Å²) in [4.78, 5) is 19.0. The third kappa shape index (κ3) is 2.66. The second kappa shape index (κ2) is 5.40. The summed E-state index contributed by atoms with van der Waals surface area (Å²) in [6.07, 6.45) is -2.18. The summed E-state index contributed by atoms with van der Waals surface area (Å²) < 4.78 is 38.7. The first-order chi connectivity index (χ1) is 10.5. The Morgan fingerprint density at radius 2 is 2.05 bits per heavy atom. The Morgan fingerprint density at radius 1 is 1.23 bits per heavy atom. The predicted octanol–water partition coefficient (Wildman–Crippen LogP) is 2.52. The Labute approximate surface area is 124 Å². The minimum absolute atomic E-state index is 0.0569. The summed E-state index contributed by atoms with van der Waals surface area (Å²) in [5.74, 6) is -0.177. The lowest BCUT2D eigenvalue weighted by Gasteiger charge is -2.11. The lowest BCUT2D eigenvalue weighted by Crippen LogP contribution is -2.15. The number of nitrogens with one attached hydrogen (secondary N) is 1. The van der Waals surface area contributed by atoms with E-state index in [9.17, 15) is 18.0 Å². The van der Waals surface area contributed by atoms with E-state index in [1.54, 1.807) is 12.1 Å². The third-order valence-electron chi connectivity index (χ3n) is 3.63.